The van der Waals surface area contributed by atoms with Gasteiger partial charge in [-0.05, 0) is 54.8 Å². The summed E-state index contributed by atoms with van der Waals surface area (Å²) in [5, 5.41) is 0. The fraction of sp³-hybridized carbons (Fsp3) is 0.400. The molecule has 3 nitrogen and oxygen atoms in total. The first kappa shape index (κ1) is 18.3. The predicted molar refractivity (Wildman–Crippen MR) is 95.3 cm³/mol. The third-order valence-electron chi connectivity index (χ3n) is 4.09. The number of hydrogen-bond donors (Lipinski definition) is 1. The van der Waals surface area contributed by atoms with Crippen LogP contribution in [-0.2, 0) is 6.42 Å². The highest BCUT2D eigenvalue weighted by molar-refractivity contribution is 5.43. The van der Waals surface area contributed by atoms with Crippen LogP contribution in [0.5, 0.6) is 11.5 Å². The van der Waals surface area contributed by atoms with E-state index in [2.05, 4.69) is 6.92 Å². The van der Waals surface area contributed by atoms with Gasteiger partial charge in [-0.15, -0.1) is 0 Å². The molecule has 0 amide bonds. The van der Waals surface area contributed by atoms with Crippen molar-refractivity contribution in [2.45, 2.75) is 32.1 Å². The van der Waals surface area contributed by atoms with Crippen LogP contribution in [0.4, 0.5) is 4.39 Å². The summed E-state index contributed by atoms with van der Waals surface area (Å²) < 4.78 is 24.3. The molecule has 1 atom stereocenters. The quantitative estimate of drug-likeness (QED) is 0.697. The molecule has 0 fully saturated rings. The number of nitrogens with two attached hydrogens (primary N) is 1. The van der Waals surface area contributed by atoms with Gasteiger partial charge in [0.25, 0.3) is 0 Å². The molecule has 0 aliphatic carbocycles. The fourth-order valence-corrected chi connectivity index (χ4v) is 2.64. The van der Waals surface area contributed by atoms with Gasteiger partial charge < -0.3 is 15.2 Å². The lowest BCUT2D eigenvalue weighted by Crippen LogP contribution is -2.15. The summed E-state index contributed by atoms with van der Waals surface area (Å²) in [6.07, 6.45) is 2.88. The summed E-state index contributed by atoms with van der Waals surface area (Å²) in [6, 6.07) is 12.5. The first-order valence-corrected chi connectivity index (χ1v) is 8.43. The van der Waals surface area contributed by atoms with Crippen molar-refractivity contribution in [3.05, 3.63) is 59.4 Å². The summed E-state index contributed by atoms with van der Waals surface area (Å²) in [7, 11) is 1.65. The minimum absolute atomic E-state index is 0.141. The number of halogens is 1. The highest BCUT2D eigenvalue weighted by atomic mass is 19.1. The first-order valence-electron chi connectivity index (χ1n) is 8.43. The van der Waals surface area contributed by atoms with Gasteiger partial charge in [-0.3, -0.25) is 0 Å². The van der Waals surface area contributed by atoms with Crippen LogP contribution in [0.25, 0.3) is 0 Å². The number of ether oxygens (including phenoxy) is 2. The van der Waals surface area contributed by atoms with Gasteiger partial charge >= 0.3 is 0 Å². The van der Waals surface area contributed by atoms with Crippen molar-refractivity contribution >= 4 is 0 Å². The average molecular weight is 331 g/mol. The zero-order chi connectivity index (χ0) is 17.4. The molecule has 24 heavy (non-hydrogen) atoms. The van der Waals surface area contributed by atoms with Crippen LogP contribution in [0.3, 0.4) is 0 Å². The van der Waals surface area contributed by atoms with Gasteiger partial charge in [-0.1, -0.05) is 31.5 Å². The molecular formula is C20H26FNO2. The van der Waals surface area contributed by atoms with E-state index in [0.29, 0.717) is 13.2 Å². The van der Waals surface area contributed by atoms with E-state index in [1.807, 2.05) is 18.2 Å². The summed E-state index contributed by atoms with van der Waals surface area (Å²) in [5.41, 5.74) is 8.09. The number of unbranched alkanes of at least 4 members (excludes halogenated alkanes) is 1. The molecule has 0 heterocycles. The van der Waals surface area contributed by atoms with E-state index in [1.54, 1.807) is 19.2 Å². The number of rotatable bonds is 9. The molecule has 2 rings (SSSR count). The van der Waals surface area contributed by atoms with Crippen molar-refractivity contribution in [3.63, 3.8) is 0 Å². The Morgan fingerprint density at radius 2 is 1.83 bits per heavy atom. The summed E-state index contributed by atoms with van der Waals surface area (Å²) in [6.45, 7) is 3.32. The number of methoxy groups -OCH3 is 1. The zero-order valence-electron chi connectivity index (χ0n) is 14.4. The number of benzene rings is 2. The molecule has 0 aromatic heterocycles. The Bertz CT molecular complexity index is 628. The van der Waals surface area contributed by atoms with E-state index in [9.17, 15) is 4.39 Å². The maximum Gasteiger partial charge on any atom is 0.161 e. The smallest absolute Gasteiger partial charge is 0.161 e. The molecule has 1 unspecified atom stereocenters. The fourth-order valence-electron chi connectivity index (χ4n) is 2.64. The van der Waals surface area contributed by atoms with Gasteiger partial charge in [0, 0.05) is 5.92 Å². The Morgan fingerprint density at radius 3 is 2.46 bits per heavy atom. The second kappa shape index (κ2) is 9.28. The van der Waals surface area contributed by atoms with Crippen LogP contribution in [0.1, 0.15) is 36.8 Å². The van der Waals surface area contributed by atoms with Crippen LogP contribution in [0.15, 0.2) is 42.5 Å². The van der Waals surface area contributed by atoms with Gasteiger partial charge in [0.05, 0.1) is 13.7 Å². The summed E-state index contributed by atoms with van der Waals surface area (Å²) in [5.74, 6) is 1.41. The minimum Gasteiger partial charge on any atom is -0.493 e. The van der Waals surface area contributed by atoms with Crippen molar-refractivity contribution in [1.82, 2.24) is 0 Å². The first-order chi connectivity index (χ1) is 11.7. The van der Waals surface area contributed by atoms with Crippen LogP contribution in [0.2, 0.25) is 0 Å². The normalized spacial score (nSPS) is 12.0. The molecule has 130 valence electrons. The summed E-state index contributed by atoms with van der Waals surface area (Å²) >= 11 is 0. The largest absolute Gasteiger partial charge is 0.493 e. The number of hydrogen-bond acceptors (Lipinski definition) is 3. The third kappa shape index (κ3) is 4.96. The van der Waals surface area contributed by atoms with Crippen LogP contribution < -0.4 is 15.2 Å². The highest BCUT2D eigenvalue weighted by Crippen LogP contribution is 2.30. The lowest BCUT2D eigenvalue weighted by molar-refractivity contribution is 0.288. The van der Waals surface area contributed by atoms with Gasteiger partial charge in [-0.2, -0.15) is 0 Å². The summed E-state index contributed by atoms with van der Waals surface area (Å²) in [4.78, 5) is 0. The molecule has 0 aliphatic rings. The Hall–Kier alpha value is -2.07. The molecule has 0 aliphatic heterocycles. The second-order valence-electron chi connectivity index (χ2n) is 5.88. The highest BCUT2D eigenvalue weighted by Gasteiger charge is 2.13. The third-order valence-corrected chi connectivity index (χ3v) is 4.09. The van der Waals surface area contributed by atoms with Crippen molar-refractivity contribution in [2.75, 3.05) is 20.3 Å². The Labute approximate surface area is 143 Å². The SMILES string of the molecule is CCCCOc1ccc(CC(CN)c2ccc(F)cc2)cc1OC. The van der Waals surface area contributed by atoms with Crippen LogP contribution in [-0.4, -0.2) is 20.3 Å². The standard InChI is InChI=1S/C20H26FNO2/c1-3-4-11-24-19-10-5-15(13-20(19)23-2)12-17(14-22)16-6-8-18(21)9-7-16/h5-10,13,17H,3-4,11-12,14,22H2,1-2H3. The molecular weight excluding hydrogens is 305 g/mol. The lowest BCUT2D eigenvalue weighted by Gasteiger charge is -2.17. The molecule has 2 N–H and O–H groups in total. The van der Waals surface area contributed by atoms with E-state index in [1.165, 1.54) is 12.1 Å². The maximum absolute atomic E-state index is 13.1. The van der Waals surface area contributed by atoms with Crippen molar-refractivity contribution < 1.29 is 13.9 Å². The molecule has 0 radical (unpaired) electrons. The topological polar surface area (TPSA) is 44.5 Å². The monoisotopic (exact) mass is 331 g/mol. The molecule has 0 bridgehead atoms. The van der Waals surface area contributed by atoms with Gasteiger partial charge in [0.2, 0.25) is 0 Å². The maximum atomic E-state index is 13.1. The van der Waals surface area contributed by atoms with Gasteiger partial charge in [0.15, 0.2) is 11.5 Å². The van der Waals surface area contributed by atoms with Crippen LogP contribution >= 0.6 is 0 Å². The molecule has 2 aromatic rings. The molecule has 0 spiro atoms. The molecule has 0 saturated heterocycles. The molecule has 4 heteroatoms. The van der Waals surface area contributed by atoms with Crippen molar-refractivity contribution in [3.8, 4) is 11.5 Å². The van der Waals surface area contributed by atoms with E-state index >= 15 is 0 Å². The molecule has 2 aromatic carbocycles. The predicted octanol–water partition coefficient (Wildman–Crippen LogP) is 4.30. The van der Waals surface area contributed by atoms with E-state index < -0.39 is 0 Å². The minimum atomic E-state index is -0.232. The average Bonchev–Trinajstić information content (AvgIpc) is 2.61. The lowest BCUT2D eigenvalue weighted by atomic mass is 9.92. The van der Waals surface area contributed by atoms with E-state index in [4.69, 9.17) is 15.2 Å². The Kier molecular flexibility index (Phi) is 7.07. The molecule has 0 saturated carbocycles. The Morgan fingerprint density at radius 1 is 1.08 bits per heavy atom. The van der Waals surface area contributed by atoms with E-state index in [0.717, 1.165) is 41.9 Å². The van der Waals surface area contributed by atoms with Crippen molar-refractivity contribution in [2.24, 2.45) is 5.73 Å². The van der Waals surface area contributed by atoms with Crippen molar-refractivity contribution in [1.29, 1.82) is 0 Å². The Balaban J connectivity index is 2.11. The van der Waals surface area contributed by atoms with Crippen LogP contribution in [0, 0.1) is 5.82 Å². The zero-order valence-corrected chi connectivity index (χ0v) is 14.4. The van der Waals surface area contributed by atoms with E-state index in [-0.39, 0.29) is 11.7 Å². The van der Waals surface area contributed by atoms with Gasteiger partial charge in [-0.25, -0.2) is 4.39 Å². The van der Waals surface area contributed by atoms with Gasteiger partial charge in [0.1, 0.15) is 5.82 Å². The second-order valence-corrected chi connectivity index (χ2v) is 5.88.